The predicted molar refractivity (Wildman–Crippen MR) is 113 cm³/mol. The van der Waals surface area contributed by atoms with Crippen LogP contribution in [0.1, 0.15) is 36.1 Å². The van der Waals surface area contributed by atoms with E-state index in [1.165, 1.54) is 0 Å². The number of hydrogen-bond acceptors (Lipinski definition) is 7. The molecule has 2 aromatic heterocycles. The Balaban J connectivity index is 1.95. The average molecular weight is 418 g/mol. The summed E-state index contributed by atoms with van der Waals surface area (Å²) in [6, 6.07) is 5.20. The number of anilines is 2. The normalized spacial score (nSPS) is 11.2. The summed E-state index contributed by atoms with van der Waals surface area (Å²) in [4.78, 5) is 25.6. The summed E-state index contributed by atoms with van der Waals surface area (Å²) in [5.74, 6) is 0.736. The van der Waals surface area contributed by atoms with Gasteiger partial charge in [0.2, 0.25) is 0 Å². The van der Waals surface area contributed by atoms with Crippen LogP contribution in [-0.4, -0.2) is 50.2 Å². The van der Waals surface area contributed by atoms with E-state index in [9.17, 15) is 9.90 Å². The van der Waals surface area contributed by atoms with Crippen LogP contribution in [-0.2, 0) is 6.42 Å². The monoisotopic (exact) mass is 417 g/mol. The lowest BCUT2D eigenvalue weighted by atomic mass is 10.2. The molecule has 0 saturated heterocycles. The molecule has 3 aromatic rings. The summed E-state index contributed by atoms with van der Waals surface area (Å²) in [7, 11) is 0. The Morgan fingerprint density at radius 1 is 1.34 bits per heavy atom. The average Bonchev–Trinajstić information content (AvgIpc) is 3.11. The van der Waals surface area contributed by atoms with E-state index in [0.717, 1.165) is 0 Å². The van der Waals surface area contributed by atoms with E-state index in [0.29, 0.717) is 58.6 Å². The Hall–Kier alpha value is -2.75. The number of carbonyl (C=O) groups is 1. The number of halogens is 1. The van der Waals surface area contributed by atoms with Gasteiger partial charge >= 0.3 is 0 Å². The highest BCUT2D eigenvalue weighted by molar-refractivity contribution is 6.34. The zero-order chi connectivity index (χ0) is 21.0. The van der Waals surface area contributed by atoms with Crippen molar-refractivity contribution >= 4 is 40.2 Å². The van der Waals surface area contributed by atoms with Crippen molar-refractivity contribution in [3.8, 4) is 0 Å². The summed E-state index contributed by atoms with van der Waals surface area (Å²) < 4.78 is 1.95. The number of amides is 1. The van der Waals surface area contributed by atoms with Gasteiger partial charge in [0.05, 0.1) is 23.5 Å². The van der Waals surface area contributed by atoms with Crippen molar-refractivity contribution in [3.63, 3.8) is 0 Å². The molecule has 0 radical (unpaired) electrons. The van der Waals surface area contributed by atoms with Crippen LogP contribution >= 0.6 is 11.6 Å². The first-order valence-corrected chi connectivity index (χ1v) is 9.71. The van der Waals surface area contributed by atoms with Crippen LogP contribution in [0, 0.1) is 0 Å². The molecule has 10 heteroatoms. The Morgan fingerprint density at radius 2 is 2.14 bits per heavy atom. The Bertz CT molecular complexity index is 1020. The number of imidazole rings is 1. The second-order valence-electron chi connectivity index (χ2n) is 6.74. The third-order valence-corrected chi connectivity index (χ3v) is 4.58. The molecular formula is C19H24ClN7O2. The van der Waals surface area contributed by atoms with Crippen LogP contribution in [0.5, 0.6) is 0 Å². The van der Waals surface area contributed by atoms with E-state index in [2.05, 4.69) is 25.6 Å². The van der Waals surface area contributed by atoms with Crippen molar-refractivity contribution < 1.29 is 9.90 Å². The first-order chi connectivity index (χ1) is 13.9. The van der Waals surface area contributed by atoms with Gasteiger partial charge in [0.25, 0.3) is 5.91 Å². The van der Waals surface area contributed by atoms with Gasteiger partial charge in [-0.25, -0.2) is 15.0 Å². The van der Waals surface area contributed by atoms with Gasteiger partial charge in [-0.1, -0.05) is 11.6 Å². The molecule has 1 amide bonds. The minimum atomic E-state index is -0.280. The summed E-state index contributed by atoms with van der Waals surface area (Å²) in [5.41, 5.74) is 7.72. The van der Waals surface area contributed by atoms with E-state index >= 15 is 0 Å². The van der Waals surface area contributed by atoms with Crippen molar-refractivity contribution in [3.05, 3.63) is 40.9 Å². The van der Waals surface area contributed by atoms with E-state index in [1.54, 1.807) is 24.5 Å². The van der Waals surface area contributed by atoms with E-state index in [-0.39, 0.29) is 18.6 Å². The highest BCUT2D eigenvalue weighted by Crippen LogP contribution is 2.27. The molecule has 0 fully saturated rings. The molecule has 0 saturated carbocycles. The smallest absolute Gasteiger partial charge is 0.252 e. The number of rotatable bonds is 8. The van der Waals surface area contributed by atoms with Crippen LogP contribution in [0.3, 0.4) is 0 Å². The van der Waals surface area contributed by atoms with Crippen molar-refractivity contribution in [2.45, 2.75) is 26.3 Å². The number of carbonyl (C=O) groups excluding carboxylic acids is 1. The molecule has 0 spiro atoms. The number of fused-ring (bicyclic) bond motifs is 1. The van der Waals surface area contributed by atoms with Gasteiger partial charge in [-0.05, 0) is 32.0 Å². The Morgan fingerprint density at radius 3 is 2.79 bits per heavy atom. The minimum absolute atomic E-state index is 0.0564. The fourth-order valence-corrected chi connectivity index (χ4v) is 3.10. The standard InChI is InChI=1S/C19H24ClN7O2/c1-11(2)27-10-23-16-17(25-15(5-8-28)26-18(16)27)24-12-3-4-13(14(20)9-12)19(29)22-7-6-21/h3-4,9-11,28H,5-8,21H2,1-2H3,(H,22,29)(H,24,25,26). The number of aromatic nitrogens is 4. The lowest BCUT2D eigenvalue weighted by Crippen LogP contribution is -2.29. The predicted octanol–water partition coefficient (Wildman–Crippen LogP) is 2.03. The van der Waals surface area contributed by atoms with Gasteiger partial charge in [-0.3, -0.25) is 4.79 Å². The molecule has 0 atom stereocenters. The Kier molecular flexibility index (Phi) is 6.63. The number of nitrogens with zero attached hydrogens (tertiary/aromatic N) is 4. The largest absolute Gasteiger partial charge is 0.396 e. The van der Waals surface area contributed by atoms with Crippen molar-refractivity contribution in [1.29, 1.82) is 0 Å². The molecule has 154 valence electrons. The zero-order valence-corrected chi connectivity index (χ0v) is 17.1. The molecule has 0 unspecified atom stereocenters. The summed E-state index contributed by atoms with van der Waals surface area (Å²) in [6.07, 6.45) is 2.05. The molecular weight excluding hydrogens is 394 g/mol. The van der Waals surface area contributed by atoms with Crippen LogP contribution < -0.4 is 16.4 Å². The highest BCUT2D eigenvalue weighted by Gasteiger charge is 2.16. The fraction of sp³-hybridized carbons (Fsp3) is 0.368. The minimum Gasteiger partial charge on any atom is -0.396 e. The van der Waals surface area contributed by atoms with Gasteiger partial charge in [0.15, 0.2) is 17.0 Å². The molecule has 3 rings (SSSR count). The number of nitrogens with two attached hydrogens (primary N) is 1. The van der Waals surface area contributed by atoms with Gasteiger partial charge < -0.3 is 26.0 Å². The molecule has 0 bridgehead atoms. The molecule has 2 heterocycles. The Labute approximate surface area is 173 Å². The number of nitrogens with one attached hydrogen (secondary N) is 2. The summed E-state index contributed by atoms with van der Waals surface area (Å²) in [5, 5.41) is 15.5. The number of benzene rings is 1. The van der Waals surface area contributed by atoms with Crippen molar-refractivity contribution in [1.82, 2.24) is 24.8 Å². The van der Waals surface area contributed by atoms with E-state index in [1.807, 2.05) is 18.4 Å². The molecule has 0 aliphatic heterocycles. The maximum atomic E-state index is 12.1. The second-order valence-corrected chi connectivity index (χ2v) is 7.15. The van der Waals surface area contributed by atoms with Gasteiger partial charge in [-0.15, -0.1) is 0 Å². The quantitative estimate of drug-likeness (QED) is 0.441. The SMILES string of the molecule is CC(C)n1cnc2c(Nc3ccc(C(=O)NCCN)c(Cl)c3)nc(CCO)nc21. The molecule has 0 aliphatic carbocycles. The molecule has 1 aromatic carbocycles. The summed E-state index contributed by atoms with van der Waals surface area (Å²) in [6.45, 7) is 4.75. The van der Waals surface area contributed by atoms with Gasteiger partial charge in [-0.2, -0.15) is 0 Å². The molecule has 0 aliphatic rings. The van der Waals surface area contributed by atoms with Crippen LogP contribution in [0.2, 0.25) is 5.02 Å². The van der Waals surface area contributed by atoms with Gasteiger partial charge in [0.1, 0.15) is 5.82 Å². The fourth-order valence-electron chi connectivity index (χ4n) is 2.83. The number of aliphatic hydroxyl groups is 1. The number of hydrogen-bond donors (Lipinski definition) is 4. The topological polar surface area (TPSA) is 131 Å². The molecule has 9 nitrogen and oxygen atoms in total. The third kappa shape index (κ3) is 4.64. The lowest BCUT2D eigenvalue weighted by molar-refractivity contribution is 0.0955. The maximum Gasteiger partial charge on any atom is 0.252 e. The van der Waals surface area contributed by atoms with E-state index < -0.39 is 0 Å². The second kappa shape index (κ2) is 9.17. The van der Waals surface area contributed by atoms with Crippen LogP contribution in [0.25, 0.3) is 11.2 Å². The summed E-state index contributed by atoms with van der Waals surface area (Å²) >= 11 is 6.30. The zero-order valence-electron chi connectivity index (χ0n) is 16.3. The molecule has 29 heavy (non-hydrogen) atoms. The van der Waals surface area contributed by atoms with Crippen molar-refractivity contribution in [2.75, 3.05) is 25.0 Å². The van der Waals surface area contributed by atoms with Crippen LogP contribution in [0.15, 0.2) is 24.5 Å². The third-order valence-electron chi connectivity index (χ3n) is 4.27. The van der Waals surface area contributed by atoms with Crippen LogP contribution in [0.4, 0.5) is 11.5 Å². The maximum absolute atomic E-state index is 12.1. The first-order valence-electron chi connectivity index (χ1n) is 9.33. The molecule has 5 N–H and O–H groups in total. The van der Waals surface area contributed by atoms with E-state index in [4.69, 9.17) is 17.3 Å². The van der Waals surface area contributed by atoms with Gasteiger partial charge in [0, 0.05) is 31.2 Å². The van der Waals surface area contributed by atoms with Crippen molar-refractivity contribution in [2.24, 2.45) is 5.73 Å². The lowest BCUT2D eigenvalue weighted by Gasteiger charge is -2.12. The first kappa shape index (κ1) is 21.0. The highest BCUT2D eigenvalue weighted by atomic mass is 35.5. The number of aliphatic hydroxyl groups excluding tert-OH is 1.